The number of rotatable bonds is 3. The van der Waals surface area contributed by atoms with Crippen LogP contribution in [0.15, 0.2) is 30.3 Å². The lowest BCUT2D eigenvalue weighted by Crippen LogP contribution is -1.95. The third-order valence-electron chi connectivity index (χ3n) is 2.22. The monoisotopic (exact) mass is 280 g/mol. The van der Waals surface area contributed by atoms with Gasteiger partial charge in [-0.2, -0.15) is 0 Å². The molecule has 0 aliphatic carbocycles. The molecule has 0 unspecified atom stereocenters. The van der Waals surface area contributed by atoms with Gasteiger partial charge in [0, 0.05) is 10.9 Å². The van der Waals surface area contributed by atoms with E-state index in [9.17, 15) is 8.78 Å². The Balaban J connectivity index is 2.02. The molecule has 1 N–H and O–H groups in total. The minimum Gasteiger partial charge on any atom is -0.485 e. The highest BCUT2D eigenvalue weighted by Gasteiger charge is 2.06. The van der Waals surface area contributed by atoms with Gasteiger partial charge in [0.1, 0.15) is 19.0 Å². The molecule has 0 spiro atoms. The summed E-state index contributed by atoms with van der Waals surface area (Å²) in [6.45, 7) is -0.0515. The average Bonchev–Trinajstić information content (AvgIpc) is 2.85. The molecule has 0 atom stereocenters. The van der Waals surface area contributed by atoms with Gasteiger partial charge in [-0.1, -0.05) is 11.8 Å². The molecule has 0 saturated heterocycles. The number of aliphatic hydroxyl groups is 1. The Morgan fingerprint density at radius 3 is 2.84 bits per heavy atom. The van der Waals surface area contributed by atoms with Crippen molar-refractivity contribution in [1.82, 2.24) is 0 Å². The molecule has 0 radical (unpaired) electrons. The van der Waals surface area contributed by atoms with E-state index in [1.807, 2.05) is 0 Å². The summed E-state index contributed by atoms with van der Waals surface area (Å²) in [5.74, 6) is 4.04. The van der Waals surface area contributed by atoms with Gasteiger partial charge in [0.25, 0.3) is 0 Å². The van der Waals surface area contributed by atoms with Gasteiger partial charge in [0.05, 0.1) is 4.88 Å². The van der Waals surface area contributed by atoms with E-state index in [-0.39, 0.29) is 19.0 Å². The molecule has 19 heavy (non-hydrogen) atoms. The maximum absolute atomic E-state index is 13.3. The Bertz CT molecular complexity index is 626. The maximum Gasteiger partial charge on any atom is 0.165 e. The maximum atomic E-state index is 13.3. The van der Waals surface area contributed by atoms with Gasteiger partial charge in [0.15, 0.2) is 11.6 Å². The molecule has 2 rings (SSSR count). The van der Waals surface area contributed by atoms with Crippen molar-refractivity contribution in [1.29, 1.82) is 0 Å². The van der Waals surface area contributed by atoms with Crippen molar-refractivity contribution in [3.63, 3.8) is 0 Å². The normalized spacial score (nSPS) is 9.84. The van der Waals surface area contributed by atoms with Crippen LogP contribution in [0, 0.1) is 23.5 Å². The smallest absolute Gasteiger partial charge is 0.165 e. The molecule has 1 heterocycles. The first-order valence-electron chi connectivity index (χ1n) is 5.45. The summed E-state index contributed by atoms with van der Waals surface area (Å²) in [5.41, 5.74) is 0. The van der Waals surface area contributed by atoms with Gasteiger partial charge in [-0.15, -0.1) is 11.3 Å². The summed E-state index contributed by atoms with van der Waals surface area (Å²) in [5, 5.41) is 8.57. The average molecular weight is 280 g/mol. The van der Waals surface area contributed by atoms with Crippen LogP contribution < -0.4 is 4.74 Å². The van der Waals surface area contributed by atoms with Gasteiger partial charge >= 0.3 is 0 Å². The number of hydrogen-bond acceptors (Lipinski definition) is 3. The molecule has 0 aliphatic heterocycles. The van der Waals surface area contributed by atoms with Crippen LogP contribution in [0.3, 0.4) is 0 Å². The van der Waals surface area contributed by atoms with Crippen LogP contribution in [0.2, 0.25) is 0 Å². The van der Waals surface area contributed by atoms with Crippen LogP contribution in [-0.2, 0) is 6.61 Å². The van der Waals surface area contributed by atoms with E-state index < -0.39 is 11.6 Å². The van der Waals surface area contributed by atoms with E-state index in [2.05, 4.69) is 11.8 Å². The van der Waals surface area contributed by atoms with Gasteiger partial charge < -0.3 is 9.84 Å². The first-order chi connectivity index (χ1) is 9.19. The lowest BCUT2D eigenvalue weighted by atomic mass is 10.3. The number of ether oxygens (including phenoxy) is 1. The Morgan fingerprint density at radius 1 is 1.21 bits per heavy atom. The van der Waals surface area contributed by atoms with E-state index in [0.717, 1.165) is 28.0 Å². The van der Waals surface area contributed by atoms with E-state index >= 15 is 0 Å². The van der Waals surface area contributed by atoms with Gasteiger partial charge in [-0.25, -0.2) is 8.78 Å². The van der Waals surface area contributed by atoms with E-state index in [1.165, 1.54) is 11.3 Å². The first kappa shape index (κ1) is 13.5. The SMILES string of the molecule is OCC#Cc1ccc(COc2cc(F)ccc2F)s1. The molecule has 0 fully saturated rings. The zero-order chi connectivity index (χ0) is 13.7. The number of thiophene rings is 1. The molecule has 2 aromatic rings. The van der Waals surface area contributed by atoms with Crippen molar-refractivity contribution in [2.45, 2.75) is 6.61 Å². The third-order valence-corrected chi connectivity index (χ3v) is 3.19. The Morgan fingerprint density at radius 2 is 2.05 bits per heavy atom. The predicted molar refractivity (Wildman–Crippen MR) is 69.0 cm³/mol. The van der Waals surface area contributed by atoms with Crippen molar-refractivity contribution in [3.05, 3.63) is 51.7 Å². The largest absolute Gasteiger partial charge is 0.485 e. The van der Waals surface area contributed by atoms with Crippen molar-refractivity contribution in [2.75, 3.05) is 6.61 Å². The van der Waals surface area contributed by atoms with Crippen molar-refractivity contribution >= 4 is 11.3 Å². The second kappa shape index (κ2) is 6.32. The van der Waals surface area contributed by atoms with Crippen molar-refractivity contribution in [2.24, 2.45) is 0 Å². The van der Waals surface area contributed by atoms with Crippen LogP contribution in [0.1, 0.15) is 9.75 Å². The van der Waals surface area contributed by atoms with E-state index in [1.54, 1.807) is 12.1 Å². The molecule has 5 heteroatoms. The fourth-order valence-electron chi connectivity index (χ4n) is 1.39. The molecular weight excluding hydrogens is 270 g/mol. The lowest BCUT2D eigenvalue weighted by molar-refractivity contribution is 0.291. The summed E-state index contributed by atoms with van der Waals surface area (Å²) < 4.78 is 31.5. The summed E-state index contributed by atoms with van der Waals surface area (Å²) in [7, 11) is 0. The number of halogens is 2. The summed E-state index contributed by atoms with van der Waals surface area (Å²) >= 11 is 1.38. The van der Waals surface area contributed by atoms with Gasteiger partial charge in [-0.3, -0.25) is 0 Å². The Hall–Kier alpha value is -1.90. The van der Waals surface area contributed by atoms with E-state index in [4.69, 9.17) is 9.84 Å². The number of aliphatic hydroxyl groups excluding tert-OH is 1. The Labute approximate surface area is 113 Å². The summed E-state index contributed by atoms with van der Waals surface area (Å²) in [4.78, 5) is 1.62. The first-order valence-corrected chi connectivity index (χ1v) is 6.27. The molecule has 2 nitrogen and oxygen atoms in total. The van der Waals surface area contributed by atoms with Gasteiger partial charge in [0.2, 0.25) is 0 Å². The lowest BCUT2D eigenvalue weighted by Gasteiger charge is -2.05. The number of benzene rings is 1. The number of hydrogen-bond donors (Lipinski definition) is 1. The molecule has 0 saturated carbocycles. The van der Waals surface area contributed by atoms with Crippen molar-refractivity contribution < 1.29 is 18.6 Å². The third kappa shape index (κ3) is 3.78. The summed E-state index contributed by atoms with van der Waals surface area (Å²) in [6, 6.07) is 6.65. The minimum absolute atomic E-state index is 0.114. The second-order valence-corrected chi connectivity index (χ2v) is 4.76. The quantitative estimate of drug-likeness (QED) is 0.876. The molecular formula is C14H10F2O2S. The highest BCUT2D eigenvalue weighted by Crippen LogP contribution is 2.22. The molecule has 0 bridgehead atoms. The van der Waals surface area contributed by atoms with Gasteiger partial charge in [-0.05, 0) is 24.3 Å². The fourth-order valence-corrected chi connectivity index (χ4v) is 2.18. The zero-order valence-corrected chi connectivity index (χ0v) is 10.6. The zero-order valence-electron chi connectivity index (χ0n) is 9.82. The Kier molecular flexibility index (Phi) is 4.50. The fraction of sp³-hybridized carbons (Fsp3) is 0.143. The molecule has 98 valence electrons. The molecule has 0 amide bonds. The molecule has 1 aromatic carbocycles. The highest BCUT2D eigenvalue weighted by molar-refractivity contribution is 7.12. The topological polar surface area (TPSA) is 29.5 Å². The molecule has 0 aliphatic rings. The van der Waals surface area contributed by atoms with Crippen LogP contribution in [0.5, 0.6) is 5.75 Å². The minimum atomic E-state index is -0.599. The van der Waals surface area contributed by atoms with Crippen LogP contribution in [0.25, 0.3) is 0 Å². The van der Waals surface area contributed by atoms with Crippen LogP contribution in [-0.4, -0.2) is 11.7 Å². The van der Waals surface area contributed by atoms with Crippen molar-refractivity contribution in [3.8, 4) is 17.6 Å². The van der Waals surface area contributed by atoms with Crippen LogP contribution >= 0.6 is 11.3 Å². The second-order valence-electron chi connectivity index (χ2n) is 3.59. The predicted octanol–water partition coefficient (Wildman–Crippen LogP) is 2.95. The summed E-state index contributed by atoms with van der Waals surface area (Å²) in [6.07, 6.45) is 0. The van der Waals surface area contributed by atoms with Crippen LogP contribution in [0.4, 0.5) is 8.78 Å². The molecule has 1 aromatic heterocycles. The standard InChI is InChI=1S/C14H10F2O2S/c15-10-3-6-13(16)14(8-10)18-9-12-5-4-11(19-12)2-1-7-17/h3-6,8,17H,7,9H2. The highest BCUT2D eigenvalue weighted by atomic mass is 32.1. The van der Waals surface area contributed by atoms with E-state index in [0.29, 0.717) is 0 Å².